The number of nitrogens with one attached hydrogen (secondary N) is 2. The summed E-state index contributed by atoms with van der Waals surface area (Å²) in [4.78, 5) is 4.39. The molecule has 0 saturated heterocycles. The Labute approximate surface area is 172 Å². The molecule has 0 radical (unpaired) electrons. The summed E-state index contributed by atoms with van der Waals surface area (Å²) in [5, 5.41) is 7.02. The molecule has 144 valence electrons. The molecule has 1 aromatic carbocycles. The van der Waals surface area contributed by atoms with Gasteiger partial charge in [-0.3, -0.25) is 4.99 Å². The topological polar surface area (TPSA) is 64.1 Å². The van der Waals surface area contributed by atoms with Crippen LogP contribution in [0.3, 0.4) is 0 Å². The third kappa shape index (κ3) is 3.47. The molecule has 0 amide bonds. The van der Waals surface area contributed by atoms with E-state index in [4.69, 9.17) is 14.2 Å². The number of benzene rings is 1. The van der Waals surface area contributed by atoms with Crippen LogP contribution in [0.25, 0.3) is 0 Å². The van der Waals surface area contributed by atoms with E-state index in [1.54, 1.807) is 0 Å². The second-order valence-electron chi connectivity index (χ2n) is 7.08. The lowest BCUT2D eigenvalue weighted by Crippen LogP contribution is -2.68. The van der Waals surface area contributed by atoms with Gasteiger partial charge in [0.05, 0.1) is 6.10 Å². The first-order valence-corrected chi connectivity index (χ1v) is 9.22. The Hall–Kier alpha value is -1.22. The fourth-order valence-corrected chi connectivity index (χ4v) is 4.24. The van der Waals surface area contributed by atoms with Gasteiger partial charge in [-0.2, -0.15) is 0 Å². The largest absolute Gasteiger partial charge is 0.454 e. The minimum Gasteiger partial charge on any atom is -0.454 e. The molecule has 1 aliphatic heterocycles. The van der Waals surface area contributed by atoms with Gasteiger partial charge in [0, 0.05) is 31.7 Å². The van der Waals surface area contributed by atoms with E-state index in [0.717, 1.165) is 36.0 Å². The van der Waals surface area contributed by atoms with E-state index in [9.17, 15) is 0 Å². The van der Waals surface area contributed by atoms with Crippen molar-refractivity contribution in [1.29, 1.82) is 0 Å². The van der Waals surface area contributed by atoms with Gasteiger partial charge in [0.25, 0.3) is 0 Å². The molecule has 4 rings (SSSR count). The molecular formula is C19H28IN3O3. The molecule has 1 heterocycles. The van der Waals surface area contributed by atoms with E-state index in [2.05, 4.69) is 28.6 Å². The van der Waals surface area contributed by atoms with Gasteiger partial charge in [-0.05, 0) is 43.9 Å². The number of aliphatic imine (C=N–C) groups is 1. The summed E-state index contributed by atoms with van der Waals surface area (Å²) in [5.41, 5.74) is 1.47. The smallest absolute Gasteiger partial charge is 0.231 e. The first kappa shape index (κ1) is 19.5. The minimum absolute atomic E-state index is 0. The lowest BCUT2D eigenvalue weighted by Gasteiger charge is -2.61. The second kappa shape index (κ2) is 8.21. The second-order valence-corrected chi connectivity index (χ2v) is 7.08. The van der Waals surface area contributed by atoms with Crippen LogP contribution < -0.4 is 20.1 Å². The van der Waals surface area contributed by atoms with Gasteiger partial charge in [0.2, 0.25) is 6.79 Å². The first-order chi connectivity index (χ1) is 12.2. The third-order valence-electron chi connectivity index (χ3n) is 5.87. The fraction of sp³-hybridized carbons (Fsp3) is 0.632. The lowest BCUT2D eigenvalue weighted by atomic mass is 9.51. The maximum absolute atomic E-state index is 5.93. The van der Waals surface area contributed by atoms with Gasteiger partial charge in [-0.15, -0.1) is 24.0 Å². The first-order valence-electron chi connectivity index (χ1n) is 9.22. The normalized spacial score (nSPS) is 25.1. The van der Waals surface area contributed by atoms with Crippen molar-refractivity contribution in [2.75, 3.05) is 20.4 Å². The fourth-order valence-electron chi connectivity index (χ4n) is 4.24. The highest BCUT2D eigenvalue weighted by Gasteiger charge is 2.59. The van der Waals surface area contributed by atoms with Crippen molar-refractivity contribution in [3.8, 4) is 11.5 Å². The zero-order chi connectivity index (χ0) is 17.3. The Morgan fingerprint density at radius 3 is 2.81 bits per heavy atom. The number of rotatable bonds is 5. The van der Waals surface area contributed by atoms with Crippen molar-refractivity contribution < 1.29 is 14.2 Å². The third-order valence-corrected chi connectivity index (χ3v) is 5.87. The van der Waals surface area contributed by atoms with Crippen LogP contribution >= 0.6 is 24.0 Å². The summed E-state index contributed by atoms with van der Waals surface area (Å²) in [6.45, 7) is 3.89. The summed E-state index contributed by atoms with van der Waals surface area (Å²) < 4.78 is 16.7. The lowest BCUT2D eigenvalue weighted by molar-refractivity contribution is -0.168. The maximum atomic E-state index is 5.93. The van der Waals surface area contributed by atoms with Crippen molar-refractivity contribution in [3.05, 3.63) is 23.8 Å². The molecule has 0 bridgehead atoms. The number of hydrogen-bond acceptors (Lipinski definition) is 4. The number of hydrogen-bond donors (Lipinski definition) is 2. The number of ether oxygens (including phenoxy) is 3. The Morgan fingerprint density at radius 1 is 1.31 bits per heavy atom. The van der Waals surface area contributed by atoms with Crippen LogP contribution in [-0.4, -0.2) is 38.6 Å². The van der Waals surface area contributed by atoms with Crippen molar-refractivity contribution in [1.82, 2.24) is 10.6 Å². The van der Waals surface area contributed by atoms with Gasteiger partial charge in [-0.1, -0.05) is 12.5 Å². The molecule has 2 fully saturated rings. The van der Waals surface area contributed by atoms with Crippen LogP contribution in [0.5, 0.6) is 11.5 Å². The van der Waals surface area contributed by atoms with Gasteiger partial charge in [-0.25, -0.2) is 0 Å². The Bertz CT molecular complexity index is 663. The van der Waals surface area contributed by atoms with Crippen molar-refractivity contribution in [2.45, 2.75) is 51.3 Å². The van der Waals surface area contributed by atoms with Crippen molar-refractivity contribution in [3.63, 3.8) is 0 Å². The van der Waals surface area contributed by atoms with Crippen molar-refractivity contribution >= 4 is 29.9 Å². The molecule has 3 aliphatic rings. The Kier molecular flexibility index (Phi) is 6.17. The van der Waals surface area contributed by atoms with Crippen molar-refractivity contribution in [2.24, 2.45) is 10.4 Å². The predicted octanol–water partition coefficient (Wildman–Crippen LogP) is 3.05. The Balaban J connectivity index is 0.00000196. The molecule has 6 nitrogen and oxygen atoms in total. The molecule has 26 heavy (non-hydrogen) atoms. The average molecular weight is 473 g/mol. The molecule has 1 spiro atoms. The summed E-state index contributed by atoms with van der Waals surface area (Å²) in [6.07, 6.45) is 5.31. The number of halogens is 1. The van der Waals surface area contributed by atoms with E-state index >= 15 is 0 Å². The molecule has 2 N–H and O–H groups in total. The molecule has 2 aliphatic carbocycles. The summed E-state index contributed by atoms with van der Waals surface area (Å²) in [6, 6.07) is 6.48. The molecule has 7 heteroatoms. The number of nitrogens with zero attached hydrogens (tertiary/aromatic N) is 1. The van der Waals surface area contributed by atoms with Gasteiger partial charge in [0.1, 0.15) is 0 Å². The summed E-state index contributed by atoms with van der Waals surface area (Å²) in [5.74, 6) is 2.48. The monoisotopic (exact) mass is 473 g/mol. The van der Waals surface area contributed by atoms with E-state index in [1.165, 1.54) is 19.3 Å². The molecule has 2 atom stereocenters. The molecule has 1 aromatic rings. The van der Waals surface area contributed by atoms with Crippen LogP contribution in [0, 0.1) is 5.41 Å². The number of fused-ring (bicyclic) bond motifs is 1. The van der Waals surface area contributed by atoms with E-state index in [-0.39, 0.29) is 24.0 Å². The standard InChI is InChI=1S/C19H27N3O3.HI/c1-3-23-17-10-16(19(17)7-4-8-19)22-18(20-2)21-11-13-5-6-14-15(9-13)25-12-24-14;/h5-6,9,16-17H,3-4,7-8,10-12H2,1-2H3,(H2,20,21,22);1H. The highest BCUT2D eigenvalue weighted by atomic mass is 127. The van der Waals surface area contributed by atoms with Crippen LogP contribution in [0.15, 0.2) is 23.2 Å². The van der Waals surface area contributed by atoms with E-state index in [1.807, 2.05) is 19.2 Å². The molecular weight excluding hydrogens is 445 g/mol. The molecule has 2 saturated carbocycles. The minimum atomic E-state index is 0. The van der Waals surface area contributed by atoms with Gasteiger partial charge < -0.3 is 24.8 Å². The SMILES string of the molecule is CCOC1CC(NC(=NC)NCc2ccc3c(c2)OCO3)C12CCC2.I. The van der Waals surface area contributed by atoms with Crippen LogP contribution in [0.2, 0.25) is 0 Å². The average Bonchev–Trinajstić information content (AvgIpc) is 3.02. The Morgan fingerprint density at radius 2 is 2.12 bits per heavy atom. The van der Waals surface area contributed by atoms with E-state index in [0.29, 0.717) is 30.9 Å². The maximum Gasteiger partial charge on any atom is 0.231 e. The molecule has 2 unspecified atom stereocenters. The molecule has 0 aromatic heterocycles. The van der Waals surface area contributed by atoms with Crippen LogP contribution in [0.4, 0.5) is 0 Å². The highest BCUT2D eigenvalue weighted by Crippen LogP contribution is 2.57. The van der Waals surface area contributed by atoms with E-state index < -0.39 is 0 Å². The number of guanidine groups is 1. The quantitative estimate of drug-likeness (QED) is 0.391. The summed E-state index contributed by atoms with van der Waals surface area (Å²) in [7, 11) is 1.82. The highest BCUT2D eigenvalue weighted by molar-refractivity contribution is 14.0. The zero-order valence-electron chi connectivity index (χ0n) is 15.4. The van der Waals surface area contributed by atoms with Gasteiger partial charge in [0.15, 0.2) is 17.5 Å². The van der Waals surface area contributed by atoms with Crippen LogP contribution in [-0.2, 0) is 11.3 Å². The summed E-state index contributed by atoms with van der Waals surface area (Å²) >= 11 is 0. The predicted molar refractivity (Wildman–Crippen MR) is 111 cm³/mol. The zero-order valence-corrected chi connectivity index (χ0v) is 17.7. The van der Waals surface area contributed by atoms with Crippen LogP contribution in [0.1, 0.15) is 38.2 Å². The van der Waals surface area contributed by atoms with Gasteiger partial charge >= 0.3 is 0 Å².